The van der Waals surface area contributed by atoms with Crippen molar-refractivity contribution in [3.63, 3.8) is 0 Å². The Bertz CT molecular complexity index is 614. The fourth-order valence-corrected chi connectivity index (χ4v) is 2.07. The van der Waals surface area contributed by atoms with Gasteiger partial charge < -0.3 is 9.67 Å². The van der Waals surface area contributed by atoms with Crippen molar-refractivity contribution in [3.8, 4) is 0 Å². The van der Waals surface area contributed by atoms with E-state index in [2.05, 4.69) is 0 Å². The predicted molar refractivity (Wildman–Crippen MR) is 59.3 cm³/mol. The third kappa shape index (κ3) is 2.05. The quantitative estimate of drug-likeness (QED) is 0.898. The Balaban J connectivity index is 2.76. The molecule has 0 saturated carbocycles. The van der Waals surface area contributed by atoms with Crippen LogP contribution in [0.15, 0.2) is 24.4 Å². The summed E-state index contributed by atoms with van der Waals surface area (Å²) >= 11 is 0. The number of aryl methyl sites for hydroxylation is 1. The summed E-state index contributed by atoms with van der Waals surface area (Å²) in [6.07, 6.45) is -3.49. The highest BCUT2D eigenvalue weighted by Gasteiger charge is 2.34. The second kappa shape index (κ2) is 4.04. The molecule has 1 aromatic carbocycles. The van der Waals surface area contributed by atoms with E-state index < -0.39 is 24.1 Å². The highest BCUT2D eigenvalue weighted by Crippen LogP contribution is 2.37. The van der Waals surface area contributed by atoms with Crippen LogP contribution < -0.4 is 0 Å². The number of halogens is 3. The van der Waals surface area contributed by atoms with Gasteiger partial charge in [0.25, 0.3) is 0 Å². The van der Waals surface area contributed by atoms with Gasteiger partial charge in [-0.05, 0) is 17.7 Å². The summed E-state index contributed by atoms with van der Waals surface area (Å²) < 4.78 is 40.2. The van der Waals surface area contributed by atoms with Gasteiger partial charge in [-0.25, -0.2) is 0 Å². The van der Waals surface area contributed by atoms with Crippen molar-refractivity contribution in [2.45, 2.75) is 12.6 Å². The molecule has 0 aliphatic carbocycles. The standard InChI is InChI=1S/C12H10F3NO2/c1-16-6-7(5-10(17)18)11-8(12(13,14)15)3-2-4-9(11)16/h2-4,6H,5H2,1H3,(H,17,18). The normalized spacial score (nSPS) is 12.0. The smallest absolute Gasteiger partial charge is 0.417 e. The maximum Gasteiger partial charge on any atom is 0.417 e. The zero-order chi connectivity index (χ0) is 13.5. The average Bonchev–Trinajstić information content (AvgIpc) is 2.54. The number of aliphatic carboxylic acids is 1. The fraction of sp³-hybridized carbons (Fsp3) is 0.250. The van der Waals surface area contributed by atoms with E-state index in [-0.39, 0.29) is 10.9 Å². The minimum atomic E-state index is -4.49. The molecule has 96 valence electrons. The first-order valence-corrected chi connectivity index (χ1v) is 5.16. The van der Waals surface area contributed by atoms with E-state index in [4.69, 9.17) is 5.11 Å². The van der Waals surface area contributed by atoms with Crippen LogP contribution in [0.1, 0.15) is 11.1 Å². The molecule has 0 bridgehead atoms. The lowest BCUT2D eigenvalue weighted by Crippen LogP contribution is -2.07. The zero-order valence-corrected chi connectivity index (χ0v) is 9.45. The van der Waals surface area contributed by atoms with Gasteiger partial charge in [0.1, 0.15) is 0 Å². The van der Waals surface area contributed by atoms with Gasteiger partial charge in [-0.3, -0.25) is 4.79 Å². The highest BCUT2D eigenvalue weighted by atomic mass is 19.4. The molecule has 3 nitrogen and oxygen atoms in total. The number of hydrogen-bond acceptors (Lipinski definition) is 1. The molecule has 2 rings (SSSR count). The summed E-state index contributed by atoms with van der Waals surface area (Å²) in [6.45, 7) is 0. The van der Waals surface area contributed by atoms with Crippen LogP contribution in [0.4, 0.5) is 13.2 Å². The van der Waals surface area contributed by atoms with E-state index in [1.54, 1.807) is 7.05 Å². The lowest BCUT2D eigenvalue weighted by atomic mass is 10.0. The molecule has 1 N–H and O–H groups in total. The van der Waals surface area contributed by atoms with E-state index in [9.17, 15) is 18.0 Å². The number of benzene rings is 1. The van der Waals surface area contributed by atoms with Crippen LogP contribution in [0, 0.1) is 0 Å². The van der Waals surface area contributed by atoms with Crippen molar-refractivity contribution >= 4 is 16.9 Å². The molecular weight excluding hydrogens is 247 g/mol. The van der Waals surface area contributed by atoms with Gasteiger partial charge in [0.05, 0.1) is 12.0 Å². The second-order valence-electron chi connectivity index (χ2n) is 4.03. The molecule has 0 aliphatic heterocycles. The van der Waals surface area contributed by atoms with Crippen LogP contribution in [0.25, 0.3) is 10.9 Å². The molecule has 18 heavy (non-hydrogen) atoms. The number of alkyl halides is 3. The fourth-order valence-electron chi connectivity index (χ4n) is 2.07. The number of rotatable bonds is 2. The van der Waals surface area contributed by atoms with Crippen LogP contribution in [0.5, 0.6) is 0 Å². The largest absolute Gasteiger partial charge is 0.481 e. The predicted octanol–water partition coefficient (Wildman–Crippen LogP) is 2.82. The van der Waals surface area contributed by atoms with Crippen molar-refractivity contribution < 1.29 is 23.1 Å². The molecule has 0 amide bonds. The number of carboxylic acid groups (broad SMARTS) is 1. The van der Waals surface area contributed by atoms with Gasteiger partial charge in [-0.1, -0.05) is 6.07 Å². The Hall–Kier alpha value is -1.98. The third-order valence-corrected chi connectivity index (χ3v) is 2.74. The maximum absolute atomic E-state index is 12.9. The molecule has 2 aromatic rings. The summed E-state index contributed by atoms with van der Waals surface area (Å²) in [6, 6.07) is 3.82. The molecule has 1 heterocycles. The number of carbonyl (C=O) groups is 1. The molecule has 0 aliphatic rings. The average molecular weight is 257 g/mol. The SMILES string of the molecule is Cn1cc(CC(=O)O)c2c(C(F)(F)F)cccc21. The second-order valence-corrected chi connectivity index (χ2v) is 4.03. The Morgan fingerprint density at radius 1 is 1.39 bits per heavy atom. The Morgan fingerprint density at radius 2 is 2.06 bits per heavy atom. The van der Waals surface area contributed by atoms with Gasteiger partial charge in [-0.2, -0.15) is 13.2 Å². The Kier molecular flexibility index (Phi) is 2.80. The van der Waals surface area contributed by atoms with Gasteiger partial charge >= 0.3 is 12.1 Å². The summed E-state index contributed by atoms with van der Waals surface area (Å²) in [5, 5.41) is 8.71. The summed E-state index contributed by atoms with van der Waals surface area (Å²) in [5.41, 5.74) is -0.245. The monoisotopic (exact) mass is 257 g/mol. The van der Waals surface area contributed by atoms with E-state index >= 15 is 0 Å². The first-order chi connectivity index (χ1) is 8.30. The van der Waals surface area contributed by atoms with E-state index in [1.807, 2.05) is 0 Å². The van der Waals surface area contributed by atoms with Crippen molar-refractivity contribution in [2.24, 2.45) is 7.05 Å². The minimum Gasteiger partial charge on any atom is -0.481 e. The molecule has 0 radical (unpaired) electrons. The molecular formula is C12H10F3NO2. The van der Waals surface area contributed by atoms with Crippen molar-refractivity contribution in [2.75, 3.05) is 0 Å². The number of nitrogens with zero attached hydrogens (tertiary/aromatic N) is 1. The molecule has 0 unspecified atom stereocenters. The third-order valence-electron chi connectivity index (χ3n) is 2.74. The lowest BCUT2D eigenvalue weighted by Gasteiger charge is -2.09. The Morgan fingerprint density at radius 3 is 2.61 bits per heavy atom. The van der Waals surface area contributed by atoms with E-state index in [0.29, 0.717) is 5.52 Å². The van der Waals surface area contributed by atoms with Crippen molar-refractivity contribution in [3.05, 3.63) is 35.5 Å². The summed E-state index contributed by atoms with van der Waals surface area (Å²) in [4.78, 5) is 10.7. The highest BCUT2D eigenvalue weighted by molar-refractivity contribution is 5.90. The van der Waals surface area contributed by atoms with Crippen molar-refractivity contribution in [1.29, 1.82) is 0 Å². The van der Waals surface area contributed by atoms with Gasteiger partial charge in [-0.15, -0.1) is 0 Å². The molecule has 1 aromatic heterocycles. The molecule has 0 saturated heterocycles. The number of aromatic nitrogens is 1. The molecule has 0 atom stereocenters. The zero-order valence-electron chi connectivity index (χ0n) is 9.45. The van der Waals surface area contributed by atoms with Crippen molar-refractivity contribution in [1.82, 2.24) is 4.57 Å². The lowest BCUT2D eigenvalue weighted by molar-refractivity contribution is -0.137. The van der Waals surface area contributed by atoms with E-state index in [0.717, 1.165) is 6.07 Å². The van der Waals surface area contributed by atoms with Crippen LogP contribution in [-0.2, 0) is 24.4 Å². The summed E-state index contributed by atoms with van der Waals surface area (Å²) in [7, 11) is 1.59. The summed E-state index contributed by atoms with van der Waals surface area (Å²) in [5.74, 6) is -1.15. The van der Waals surface area contributed by atoms with Gasteiger partial charge in [0, 0.05) is 24.1 Å². The topological polar surface area (TPSA) is 42.2 Å². The number of hydrogen-bond donors (Lipinski definition) is 1. The number of carboxylic acids is 1. The number of fused-ring (bicyclic) bond motifs is 1. The molecule has 0 fully saturated rings. The first kappa shape index (κ1) is 12.5. The molecule has 6 heteroatoms. The minimum absolute atomic E-state index is 0.0325. The van der Waals surface area contributed by atoms with Crippen LogP contribution in [0.3, 0.4) is 0 Å². The first-order valence-electron chi connectivity index (χ1n) is 5.16. The Labute approximate surface area is 100 Å². The van der Waals surface area contributed by atoms with Crippen LogP contribution >= 0.6 is 0 Å². The van der Waals surface area contributed by atoms with Gasteiger partial charge in [0.2, 0.25) is 0 Å². The van der Waals surface area contributed by atoms with E-state index in [1.165, 1.54) is 22.9 Å². The van der Waals surface area contributed by atoms with Crippen LogP contribution in [-0.4, -0.2) is 15.6 Å². The molecule has 0 spiro atoms. The maximum atomic E-state index is 12.9. The van der Waals surface area contributed by atoms with Crippen LogP contribution in [0.2, 0.25) is 0 Å². The van der Waals surface area contributed by atoms with Gasteiger partial charge in [0.15, 0.2) is 0 Å².